The predicted molar refractivity (Wildman–Crippen MR) is 80.6 cm³/mol. The average molecular weight is 309 g/mol. The van der Waals surface area contributed by atoms with E-state index in [2.05, 4.69) is 9.97 Å². The van der Waals surface area contributed by atoms with Crippen LogP contribution in [0.3, 0.4) is 0 Å². The fourth-order valence-electron chi connectivity index (χ4n) is 1.85. The molecule has 0 spiro atoms. The van der Waals surface area contributed by atoms with Crippen molar-refractivity contribution in [1.82, 2.24) is 14.9 Å². The molecule has 0 saturated heterocycles. The van der Waals surface area contributed by atoms with Gasteiger partial charge in [-0.25, -0.2) is 4.98 Å². The van der Waals surface area contributed by atoms with Gasteiger partial charge in [0.1, 0.15) is 5.69 Å². The maximum absolute atomic E-state index is 12.5. The smallest absolute Gasteiger partial charge is 0.308 e. The molecule has 1 aromatic rings. The second-order valence-corrected chi connectivity index (χ2v) is 5.08. The molecule has 1 aromatic heterocycles. The van der Waals surface area contributed by atoms with Crippen LogP contribution in [0.5, 0.6) is 0 Å². The maximum atomic E-state index is 12.5. The Hall–Kier alpha value is -2.02. The summed E-state index contributed by atoms with van der Waals surface area (Å²) < 4.78 is 5.26. The van der Waals surface area contributed by atoms with Gasteiger partial charge >= 0.3 is 5.97 Å². The molecule has 1 unspecified atom stereocenters. The van der Waals surface area contributed by atoms with Gasteiger partial charge in [0.2, 0.25) is 0 Å². The van der Waals surface area contributed by atoms with Gasteiger partial charge in [-0.3, -0.25) is 14.6 Å². The highest BCUT2D eigenvalue weighted by Gasteiger charge is 2.22. The molecule has 1 atom stereocenters. The normalized spacial score (nSPS) is 12.0. The van der Waals surface area contributed by atoms with Gasteiger partial charge < -0.3 is 14.7 Å². The van der Waals surface area contributed by atoms with E-state index in [0.29, 0.717) is 26.2 Å². The number of amides is 1. The number of ether oxygens (including phenoxy) is 1. The van der Waals surface area contributed by atoms with Crippen molar-refractivity contribution >= 4 is 11.9 Å². The minimum absolute atomic E-state index is 0.135. The topological polar surface area (TPSA) is 92.6 Å². The summed E-state index contributed by atoms with van der Waals surface area (Å²) >= 11 is 0. The average Bonchev–Trinajstić information content (AvgIpc) is 2.50. The summed E-state index contributed by atoms with van der Waals surface area (Å²) in [7, 11) is 0. The van der Waals surface area contributed by atoms with Gasteiger partial charge in [-0.15, -0.1) is 0 Å². The van der Waals surface area contributed by atoms with Crippen LogP contribution in [-0.4, -0.2) is 58.2 Å². The van der Waals surface area contributed by atoms with Crippen molar-refractivity contribution in [2.24, 2.45) is 5.92 Å². The molecule has 22 heavy (non-hydrogen) atoms. The predicted octanol–water partition coefficient (Wildman–Crippen LogP) is 1.37. The van der Waals surface area contributed by atoms with E-state index in [4.69, 9.17) is 9.84 Å². The zero-order chi connectivity index (χ0) is 16.5. The Labute approximate surface area is 130 Å². The van der Waals surface area contributed by atoms with Gasteiger partial charge in [-0.1, -0.05) is 6.92 Å². The molecular formula is C15H23N3O4. The van der Waals surface area contributed by atoms with Crippen molar-refractivity contribution < 1.29 is 19.4 Å². The molecule has 1 amide bonds. The van der Waals surface area contributed by atoms with Crippen LogP contribution >= 0.6 is 0 Å². The van der Waals surface area contributed by atoms with E-state index in [1.807, 2.05) is 6.92 Å². The van der Waals surface area contributed by atoms with E-state index < -0.39 is 11.9 Å². The van der Waals surface area contributed by atoms with E-state index >= 15 is 0 Å². The van der Waals surface area contributed by atoms with Crippen molar-refractivity contribution in [3.63, 3.8) is 0 Å². The third-order valence-corrected chi connectivity index (χ3v) is 3.12. The van der Waals surface area contributed by atoms with Gasteiger partial charge in [-0.2, -0.15) is 0 Å². The van der Waals surface area contributed by atoms with Gasteiger partial charge in [0, 0.05) is 32.5 Å². The number of aryl methyl sites for hydroxylation is 1. The Bertz CT molecular complexity index is 490. The number of rotatable bonds is 9. The first-order chi connectivity index (χ1) is 10.5. The summed E-state index contributed by atoms with van der Waals surface area (Å²) in [6.45, 7) is 6.96. The highest BCUT2D eigenvalue weighted by atomic mass is 16.5. The summed E-state index contributed by atoms with van der Waals surface area (Å²) in [5.74, 6) is -1.89. The van der Waals surface area contributed by atoms with E-state index in [-0.39, 0.29) is 18.1 Å². The van der Waals surface area contributed by atoms with Crippen LogP contribution in [-0.2, 0) is 9.53 Å². The highest BCUT2D eigenvalue weighted by Crippen LogP contribution is 2.07. The van der Waals surface area contributed by atoms with Crippen molar-refractivity contribution in [3.8, 4) is 0 Å². The quantitative estimate of drug-likeness (QED) is 0.693. The highest BCUT2D eigenvalue weighted by molar-refractivity contribution is 5.92. The zero-order valence-corrected chi connectivity index (χ0v) is 13.3. The van der Waals surface area contributed by atoms with Crippen LogP contribution in [0.4, 0.5) is 0 Å². The second-order valence-electron chi connectivity index (χ2n) is 5.08. The molecule has 1 rings (SSSR count). The van der Waals surface area contributed by atoms with Gasteiger partial charge in [0.25, 0.3) is 5.91 Å². The van der Waals surface area contributed by atoms with Crippen molar-refractivity contribution in [2.45, 2.75) is 27.2 Å². The third kappa shape index (κ3) is 5.77. The van der Waals surface area contributed by atoms with Gasteiger partial charge in [0.05, 0.1) is 17.8 Å². The maximum Gasteiger partial charge on any atom is 0.308 e. The van der Waals surface area contributed by atoms with Crippen molar-refractivity contribution in [3.05, 3.63) is 23.8 Å². The fourth-order valence-corrected chi connectivity index (χ4v) is 1.85. The number of hydrogen-bond donors (Lipinski definition) is 1. The first-order valence-electron chi connectivity index (χ1n) is 7.34. The van der Waals surface area contributed by atoms with Crippen LogP contribution in [0, 0.1) is 12.8 Å². The molecule has 0 aliphatic carbocycles. The third-order valence-electron chi connectivity index (χ3n) is 3.12. The summed E-state index contributed by atoms with van der Waals surface area (Å²) in [4.78, 5) is 33.1. The lowest BCUT2D eigenvalue weighted by atomic mass is 10.1. The fraction of sp³-hybridized carbons (Fsp3) is 0.600. The summed E-state index contributed by atoms with van der Waals surface area (Å²) in [6, 6.07) is 0. The molecule has 1 N–H and O–H groups in total. The molecule has 0 fully saturated rings. The Kier molecular flexibility index (Phi) is 7.45. The molecule has 122 valence electrons. The molecule has 0 radical (unpaired) electrons. The SMILES string of the molecule is CCOCCCN(CC(C)C(=O)O)C(=O)c1cnc(C)cn1. The number of nitrogens with zero attached hydrogens (tertiary/aromatic N) is 3. The number of carbonyl (C=O) groups excluding carboxylic acids is 1. The van der Waals surface area contributed by atoms with Crippen LogP contribution in [0.25, 0.3) is 0 Å². The Morgan fingerprint density at radius 1 is 1.36 bits per heavy atom. The number of hydrogen-bond acceptors (Lipinski definition) is 5. The molecular weight excluding hydrogens is 286 g/mol. The minimum atomic E-state index is -0.933. The van der Waals surface area contributed by atoms with E-state index in [0.717, 1.165) is 5.69 Å². The molecule has 7 nitrogen and oxygen atoms in total. The number of carbonyl (C=O) groups is 2. The van der Waals surface area contributed by atoms with Crippen molar-refractivity contribution in [1.29, 1.82) is 0 Å². The van der Waals surface area contributed by atoms with Crippen LogP contribution in [0.1, 0.15) is 36.5 Å². The molecule has 0 aromatic carbocycles. The van der Waals surface area contributed by atoms with Crippen LogP contribution in [0.15, 0.2) is 12.4 Å². The van der Waals surface area contributed by atoms with Gasteiger partial charge in [-0.05, 0) is 20.3 Å². The standard InChI is InChI=1S/C15H23N3O4/c1-4-22-7-5-6-18(10-11(2)15(20)21)14(19)13-9-16-12(3)8-17-13/h8-9,11H,4-7,10H2,1-3H3,(H,20,21). The van der Waals surface area contributed by atoms with E-state index in [1.165, 1.54) is 17.3 Å². The number of aliphatic carboxylic acids is 1. The summed E-state index contributed by atoms with van der Waals surface area (Å²) in [5.41, 5.74) is 0.943. The number of carboxylic acid groups (broad SMARTS) is 1. The lowest BCUT2D eigenvalue weighted by Gasteiger charge is -2.24. The number of aromatic nitrogens is 2. The number of carboxylic acids is 1. The first-order valence-corrected chi connectivity index (χ1v) is 7.34. The Balaban J connectivity index is 2.75. The van der Waals surface area contributed by atoms with E-state index in [9.17, 15) is 9.59 Å². The molecule has 0 saturated carbocycles. The molecule has 7 heteroatoms. The molecule has 0 bridgehead atoms. The molecule has 0 aliphatic rings. The van der Waals surface area contributed by atoms with Gasteiger partial charge in [0.15, 0.2) is 0 Å². The molecule has 0 aliphatic heterocycles. The Morgan fingerprint density at radius 3 is 2.64 bits per heavy atom. The molecule has 1 heterocycles. The minimum Gasteiger partial charge on any atom is -0.481 e. The van der Waals surface area contributed by atoms with E-state index in [1.54, 1.807) is 13.8 Å². The van der Waals surface area contributed by atoms with Crippen LogP contribution < -0.4 is 0 Å². The summed E-state index contributed by atoms with van der Waals surface area (Å²) in [5, 5.41) is 9.04. The monoisotopic (exact) mass is 309 g/mol. The Morgan fingerprint density at radius 2 is 2.09 bits per heavy atom. The van der Waals surface area contributed by atoms with Crippen molar-refractivity contribution in [2.75, 3.05) is 26.3 Å². The lowest BCUT2D eigenvalue weighted by molar-refractivity contribution is -0.141. The summed E-state index contributed by atoms with van der Waals surface area (Å²) in [6.07, 6.45) is 3.58. The second kappa shape index (κ2) is 9.09. The zero-order valence-electron chi connectivity index (χ0n) is 13.3. The lowest BCUT2D eigenvalue weighted by Crippen LogP contribution is -2.38. The first kappa shape index (κ1) is 18.0. The van der Waals surface area contributed by atoms with Crippen LogP contribution in [0.2, 0.25) is 0 Å². The largest absolute Gasteiger partial charge is 0.481 e.